The van der Waals surface area contributed by atoms with Crippen LogP contribution in [0.1, 0.15) is 18.4 Å². The first-order valence-electron chi connectivity index (χ1n) is 8.09. The highest BCUT2D eigenvalue weighted by Gasteiger charge is 2.64. The molecule has 1 spiro atoms. The predicted molar refractivity (Wildman–Crippen MR) is 101 cm³/mol. The lowest BCUT2D eigenvalue weighted by atomic mass is 9.80. The Labute approximate surface area is 164 Å². The summed E-state index contributed by atoms with van der Waals surface area (Å²) in [5, 5.41) is 17.4. The Kier molecular flexibility index (Phi) is 4.09. The van der Waals surface area contributed by atoms with Crippen LogP contribution in [0.15, 0.2) is 47.6 Å². The second kappa shape index (κ2) is 6.21. The Morgan fingerprint density at radius 3 is 2.67 bits per heavy atom. The zero-order chi connectivity index (χ0) is 19.3. The lowest BCUT2D eigenvalue weighted by Gasteiger charge is -2.27. The van der Waals surface area contributed by atoms with Crippen molar-refractivity contribution in [3.05, 3.63) is 68.2 Å². The van der Waals surface area contributed by atoms with Gasteiger partial charge >= 0.3 is 0 Å². The van der Waals surface area contributed by atoms with Crippen molar-refractivity contribution in [2.24, 2.45) is 5.10 Å². The lowest BCUT2D eigenvalue weighted by Crippen LogP contribution is -2.54. The first kappa shape index (κ1) is 17.8. The first-order valence-corrected chi connectivity index (χ1v) is 8.85. The number of nitrogens with zero attached hydrogens (tertiary/aromatic N) is 3. The van der Waals surface area contributed by atoms with E-state index in [0.29, 0.717) is 22.0 Å². The van der Waals surface area contributed by atoms with E-state index in [-0.39, 0.29) is 10.8 Å². The van der Waals surface area contributed by atoms with Gasteiger partial charge in [0.2, 0.25) is 12.1 Å². The summed E-state index contributed by atoms with van der Waals surface area (Å²) in [7, 11) is 0. The molecule has 2 heterocycles. The van der Waals surface area contributed by atoms with E-state index in [1.807, 2.05) is 6.07 Å². The second-order valence-corrected chi connectivity index (χ2v) is 7.19. The molecule has 0 saturated carbocycles. The molecule has 2 aliphatic rings. The van der Waals surface area contributed by atoms with E-state index in [1.165, 1.54) is 11.1 Å². The normalized spacial score (nSPS) is 23.4. The maximum absolute atomic E-state index is 13.4. The van der Waals surface area contributed by atoms with E-state index in [1.54, 1.807) is 37.3 Å². The number of benzene rings is 2. The Balaban J connectivity index is 1.86. The summed E-state index contributed by atoms with van der Waals surface area (Å²) >= 11 is 12.3. The Morgan fingerprint density at radius 2 is 2.00 bits per heavy atom. The minimum atomic E-state index is -1.63. The van der Waals surface area contributed by atoms with Gasteiger partial charge in [-0.25, -0.2) is 0 Å². The molecule has 0 fully saturated rings. The number of carbonyl (C=O) groups is 1. The van der Waals surface area contributed by atoms with Gasteiger partial charge in [-0.3, -0.25) is 14.9 Å². The summed E-state index contributed by atoms with van der Waals surface area (Å²) in [6, 6.07) is 11.8. The number of rotatable bonds is 3. The molecule has 138 valence electrons. The number of hydrogen-bond acceptors (Lipinski definition) is 5. The Bertz CT molecular complexity index is 996. The summed E-state index contributed by atoms with van der Waals surface area (Å²) < 4.78 is 6.01. The van der Waals surface area contributed by atoms with Crippen LogP contribution in [0.4, 0.5) is 5.69 Å². The molecule has 2 aromatic rings. The van der Waals surface area contributed by atoms with Gasteiger partial charge in [0.05, 0.1) is 16.4 Å². The highest BCUT2D eigenvalue weighted by molar-refractivity contribution is 6.36. The summed E-state index contributed by atoms with van der Waals surface area (Å²) in [6.45, 7) is 1.10. The van der Waals surface area contributed by atoms with E-state index in [0.717, 1.165) is 0 Å². The van der Waals surface area contributed by atoms with Gasteiger partial charge in [-0.2, -0.15) is 10.1 Å². The number of amides is 1. The number of para-hydroxylation sites is 1. The van der Waals surface area contributed by atoms with Crippen molar-refractivity contribution in [1.82, 2.24) is 0 Å². The van der Waals surface area contributed by atoms with Crippen LogP contribution in [-0.2, 0) is 4.79 Å². The number of hydrogen-bond donors (Lipinski definition) is 0. The van der Waals surface area contributed by atoms with Gasteiger partial charge in [-0.15, -0.1) is 0 Å². The number of carbonyl (C=O) groups excluding carboxylic acids is 1. The van der Waals surface area contributed by atoms with Crippen LogP contribution in [-0.4, -0.2) is 28.7 Å². The van der Waals surface area contributed by atoms with Crippen LogP contribution in [0, 0.1) is 10.1 Å². The summed E-state index contributed by atoms with van der Waals surface area (Å²) in [4.78, 5) is 24.3. The number of fused-ring (bicyclic) bond motifs is 1. The maximum Gasteiger partial charge on any atom is 0.298 e. The fourth-order valence-corrected chi connectivity index (χ4v) is 4.17. The third-order valence-corrected chi connectivity index (χ3v) is 5.30. The molecule has 0 radical (unpaired) electrons. The van der Waals surface area contributed by atoms with Gasteiger partial charge in [-0.05, 0) is 31.2 Å². The SMILES string of the molecule is CC1=NN(c2ccccc2)C(=O)[C@]12Oc1c(Cl)cc(Cl)cc1[C@H]2C[N+](=O)[O-]. The molecule has 0 unspecified atom stereocenters. The van der Waals surface area contributed by atoms with Gasteiger partial charge in [0.15, 0.2) is 0 Å². The molecule has 0 bridgehead atoms. The molecular formula is C18H13Cl2N3O4. The highest BCUT2D eigenvalue weighted by Crippen LogP contribution is 2.52. The average molecular weight is 406 g/mol. The molecule has 4 rings (SSSR count). The van der Waals surface area contributed by atoms with E-state index in [2.05, 4.69) is 5.10 Å². The van der Waals surface area contributed by atoms with Crippen molar-refractivity contribution in [3.8, 4) is 5.75 Å². The molecule has 2 atom stereocenters. The Morgan fingerprint density at radius 1 is 1.30 bits per heavy atom. The van der Waals surface area contributed by atoms with Crippen LogP contribution < -0.4 is 9.75 Å². The molecule has 2 aromatic carbocycles. The average Bonchev–Trinajstić information content (AvgIpc) is 3.07. The molecule has 2 aliphatic heterocycles. The standard InChI is InChI=1S/C18H13Cl2N3O4/c1-10-18(17(24)23(21-10)12-5-3-2-4-6-12)14(9-22(25)26)13-7-11(19)8-15(20)16(13)27-18/h2-8,14H,9H2,1H3/t14-,18+/m1/s1. The summed E-state index contributed by atoms with van der Waals surface area (Å²) in [5.41, 5.74) is -0.324. The zero-order valence-corrected chi connectivity index (χ0v) is 15.6. The molecule has 0 N–H and O–H groups in total. The van der Waals surface area contributed by atoms with Crippen LogP contribution >= 0.6 is 23.2 Å². The van der Waals surface area contributed by atoms with E-state index in [9.17, 15) is 14.9 Å². The van der Waals surface area contributed by atoms with Gasteiger partial charge in [0, 0.05) is 15.5 Å². The topological polar surface area (TPSA) is 85.0 Å². The van der Waals surface area contributed by atoms with E-state index < -0.39 is 28.9 Å². The smallest absolute Gasteiger partial charge is 0.298 e. The third kappa shape index (κ3) is 2.57. The number of anilines is 1. The predicted octanol–water partition coefficient (Wildman–Crippen LogP) is 3.91. The molecule has 0 saturated heterocycles. The van der Waals surface area contributed by atoms with Crippen LogP contribution in [0.25, 0.3) is 0 Å². The highest BCUT2D eigenvalue weighted by atomic mass is 35.5. The number of hydrazone groups is 1. The van der Waals surface area contributed by atoms with Gasteiger partial charge < -0.3 is 4.74 Å². The minimum Gasteiger partial charge on any atom is -0.468 e. The van der Waals surface area contributed by atoms with Crippen LogP contribution in [0.5, 0.6) is 5.75 Å². The monoisotopic (exact) mass is 405 g/mol. The van der Waals surface area contributed by atoms with Crippen LogP contribution in [0.3, 0.4) is 0 Å². The largest absolute Gasteiger partial charge is 0.468 e. The van der Waals surface area contributed by atoms with Crippen molar-refractivity contribution in [3.63, 3.8) is 0 Å². The van der Waals surface area contributed by atoms with Gasteiger partial charge in [0.25, 0.3) is 5.91 Å². The number of halogens is 2. The van der Waals surface area contributed by atoms with Crippen molar-refractivity contribution in [2.75, 3.05) is 11.6 Å². The van der Waals surface area contributed by atoms with E-state index >= 15 is 0 Å². The fourth-order valence-electron chi connectivity index (χ4n) is 3.62. The van der Waals surface area contributed by atoms with Crippen molar-refractivity contribution in [2.45, 2.75) is 18.4 Å². The van der Waals surface area contributed by atoms with Gasteiger partial charge in [-0.1, -0.05) is 41.4 Å². The maximum atomic E-state index is 13.4. The van der Waals surface area contributed by atoms with Crippen molar-refractivity contribution in [1.29, 1.82) is 0 Å². The van der Waals surface area contributed by atoms with Crippen LogP contribution in [0.2, 0.25) is 10.0 Å². The molecule has 0 aromatic heterocycles. The molecule has 27 heavy (non-hydrogen) atoms. The first-order chi connectivity index (χ1) is 12.8. The van der Waals surface area contributed by atoms with E-state index in [4.69, 9.17) is 27.9 Å². The van der Waals surface area contributed by atoms with Gasteiger partial charge in [0.1, 0.15) is 11.7 Å². The lowest BCUT2D eigenvalue weighted by molar-refractivity contribution is -0.484. The zero-order valence-electron chi connectivity index (χ0n) is 14.1. The quantitative estimate of drug-likeness (QED) is 0.572. The minimum absolute atomic E-state index is 0.196. The van der Waals surface area contributed by atoms with Crippen molar-refractivity contribution >= 4 is 40.5 Å². The Hall–Kier alpha value is -2.64. The number of nitro groups is 1. The fraction of sp³-hybridized carbons (Fsp3) is 0.222. The molecule has 1 amide bonds. The summed E-state index contributed by atoms with van der Waals surface area (Å²) in [5.74, 6) is -1.17. The number of ether oxygens (including phenoxy) is 1. The molecule has 0 aliphatic carbocycles. The molecule has 9 heteroatoms. The molecule has 7 nitrogen and oxygen atoms in total. The second-order valence-electron chi connectivity index (χ2n) is 6.35. The third-order valence-electron chi connectivity index (χ3n) is 4.80. The molecular weight excluding hydrogens is 393 g/mol. The van der Waals surface area contributed by atoms with Crippen molar-refractivity contribution < 1.29 is 14.5 Å². The summed E-state index contributed by atoms with van der Waals surface area (Å²) in [6.07, 6.45) is 0.